The number of benzene rings is 8. The Balaban J connectivity index is 1.28. The van der Waals surface area contributed by atoms with Crippen molar-refractivity contribution in [1.82, 2.24) is 0 Å². The molecule has 200 valence electrons. The molecule has 0 atom stereocenters. The van der Waals surface area contributed by atoms with Crippen molar-refractivity contribution in [3.63, 3.8) is 0 Å². The first kappa shape index (κ1) is 24.1. The quantitative estimate of drug-likeness (QED) is 0.162. The van der Waals surface area contributed by atoms with E-state index in [2.05, 4.69) is 127 Å². The largest absolute Gasteiger partial charge is 0.633 e. The van der Waals surface area contributed by atoms with Gasteiger partial charge in [-0.3, -0.25) is 0 Å². The zero-order valence-electron chi connectivity index (χ0n) is 23.3. The summed E-state index contributed by atoms with van der Waals surface area (Å²) >= 11 is 0. The van der Waals surface area contributed by atoms with E-state index in [0.29, 0.717) is 0 Å². The van der Waals surface area contributed by atoms with Crippen LogP contribution in [0.1, 0.15) is 0 Å². The average Bonchev–Trinajstić information content (AvgIpc) is 3.51. The zero-order valence-corrected chi connectivity index (χ0v) is 23.3. The summed E-state index contributed by atoms with van der Waals surface area (Å²) in [6, 6.07) is 54.0. The van der Waals surface area contributed by atoms with E-state index >= 15 is 0 Å². The van der Waals surface area contributed by atoms with Crippen LogP contribution in [0.3, 0.4) is 0 Å². The van der Waals surface area contributed by atoms with Gasteiger partial charge < -0.3 is 9.31 Å². The van der Waals surface area contributed by atoms with E-state index in [-0.39, 0.29) is 0 Å². The van der Waals surface area contributed by atoms with Crippen LogP contribution >= 0.6 is 0 Å². The van der Waals surface area contributed by atoms with Gasteiger partial charge in [0, 0.05) is 5.46 Å². The van der Waals surface area contributed by atoms with Gasteiger partial charge in [0.1, 0.15) is 11.5 Å². The van der Waals surface area contributed by atoms with E-state index in [1.165, 1.54) is 54.6 Å². The van der Waals surface area contributed by atoms with Crippen molar-refractivity contribution in [3.8, 4) is 33.8 Å². The van der Waals surface area contributed by atoms with Gasteiger partial charge in [-0.2, -0.15) is 0 Å². The second-order valence-corrected chi connectivity index (χ2v) is 11.2. The summed E-state index contributed by atoms with van der Waals surface area (Å²) in [7, 11) is -0.534. The van der Waals surface area contributed by atoms with E-state index in [1.807, 2.05) is 24.3 Å². The zero-order chi connectivity index (χ0) is 28.3. The van der Waals surface area contributed by atoms with E-state index in [0.717, 1.165) is 27.7 Å². The molecular formula is C40H25BO2. The van der Waals surface area contributed by atoms with Crippen molar-refractivity contribution in [3.05, 3.63) is 152 Å². The fourth-order valence-electron chi connectivity index (χ4n) is 6.70. The molecule has 8 aromatic rings. The molecule has 43 heavy (non-hydrogen) atoms. The fourth-order valence-corrected chi connectivity index (χ4v) is 6.70. The standard InChI is InChI=1S/C40H25BO2/c1-3-13-31-26(9-1)11-7-15-33(31)28-19-21-35-30(23-28)25-38(41-42-39-17-5-6-18-40(39)43-41)37-24-29(20-22-36(35)37)34-16-8-12-27-10-2-4-14-32(27)34/h1-25H. The minimum Gasteiger partial charge on any atom is -0.519 e. The van der Waals surface area contributed by atoms with Crippen LogP contribution in [0, 0.1) is 0 Å². The summed E-state index contributed by atoms with van der Waals surface area (Å²) in [5, 5.41) is 9.66. The highest BCUT2D eigenvalue weighted by Crippen LogP contribution is 2.38. The minimum atomic E-state index is -0.534. The van der Waals surface area contributed by atoms with Crippen LogP contribution in [-0.4, -0.2) is 7.12 Å². The molecule has 0 saturated heterocycles. The van der Waals surface area contributed by atoms with E-state index < -0.39 is 7.12 Å². The number of hydrogen-bond donors (Lipinski definition) is 0. The second kappa shape index (κ2) is 9.50. The van der Waals surface area contributed by atoms with Gasteiger partial charge in [0.05, 0.1) is 0 Å². The summed E-state index contributed by atoms with van der Waals surface area (Å²) in [5.74, 6) is 1.55. The molecule has 3 heteroatoms. The number of para-hydroxylation sites is 2. The topological polar surface area (TPSA) is 18.5 Å². The summed E-state index contributed by atoms with van der Waals surface area (Å²) in [6.45, 7) is 0. The molecular weight excluding hydrogens is 523 g/mol. The molecule has 0 saturated carbocycles. The predicted octanol–water partition coefficient (Wildman–Crippen LogP) is 9.80. The highest BCUT2D eigenvalue weighted by atomic mass is 16.6. The second-order valence-electron chi connectivity index (χ2n) is 11.2. The predicted molar refractivity (Wildman–Crippen MR) is 180 cm³/mol. The SMILES string of the molecule is c1ccc2c(c1)OB(c1cc3cc(-c4cccc5ccccc45)ccc3c3ccc(-c4cccc5ccccc45)cc13)O2. The molecule has 0 aromatic heterocycles. The first-order valence-electron chi connectivity index (χ1n) is 14.7. The van der Waals surface area contributed by atoms with Crippen molar-refractivity contribution in [1.29, 1.82) is 0 Å². The lowest BCUT2D eigenvalue weighted by Gasteiger charge is -2.16. The molecule has 2 nitrogen and oxygen atoms in total. The van der Waals surface area contributed by atoms with Gasteiger partial charge in [0.15, 0.2) is 0 Å². The first-order chi connectivity index (χ1) is 21.3. The van der Waals surface area contributed by atoms with Gasteiger partial charge >= 0.3 is 7.12 Å². The summed E-state index contributed by atoms with van der Waals surface area (Å²) in [5.41, 5.74) is 5.84. The van der Waals surface area contributed by atoms with Crippen LogP contribution in [0.5, 0.6) is 11.5 Å². The summed E-state index contributed by atoms with van der Waals surface area (Å²) in [6.07, 6.45) is 0. The van der Waals surface area contributed by atoms with Crippen LogP contribution in [0.4, 0.5) is 0 Å². The average molecular weight is 548 g/mol. The lowest BCUT2D eigenvalue weighted by molar-refractivity contribution is 0.519. The molecule has 0 fully saturated rings. The fraction of sp³-hybridized carbons (Fsp3) is 0. The number of rotatable bonds is 3. The van der Waals surface area contributed by atoms with E-state index in [1.54, 1.807) is 0 Å². The van der Waals surface area contributed by atoms with E-state index in [4.69, 9.17) is 9.31 Å². The Morgan fingerprint density at radius 3 is 1.53 bits per heavy atom. The smallest absolute Gasteiger partial charge is 0.519 e. The normalized spacial score (nSPS) is 12.5. The maximum absolute atomic E-state index is 6.42. The van der Waals surface area contributed by atoms with Gasteiger partial charge in [0.2, 0.25) is 0 Å². The maximum Gasteiger partial charge on any atom is 0.633 e. The van der Waals surface area contributed by atoms with Crippen LogP contribution in [-0.2, 0) is 0 Å². The Bertz CT molecular complexity index is 2340. The van der Waals surface area contributed by atoms with Crippen molar-refractivity contribution in [2.75, 3.05) is 0 Å². The van der Waals surface area contributed by atoms with Crippen LogP contribution in [0.25, 0.3) is 65.3 Å². The molecule has 1 aliphatic rings. The van der Waals surface area contributed by atoms with Crippen molar-refractivity contribution >= 4 is 55.7 Å². The van der Waals surface area contributed by atoms with Gasteiger partial charge in [-0.15, -0.1) is 0 Å². The third-order valence-electron chi connectivity index (χ3n) is 8.76. The van der Waals surface area contributed by atoms with Gasteiger partial charge in [0.25, 0.3) is 0 Å². The molecule has 9 rings (SSSR count). The lowest BCUT2D eigenvalue weighted by atomic mass is 9.74. The van der Waals surface area contributed by atoms with Crippen molar-refractivity contribution in [2.24, 2.45) is 0 Å². The van der Waals surface area contributed by atoms with Crippen molar-refractivity contribution < 1.29 is 9.31 Å². The Morgan fingerprint density at radius 2 is 0.884 bits per heavy atom. The molecule has 0 spiro atoms. The minimum absolute atomic E-state index is 0.534. The Morgan fingerprint density at radius 1 is 0.349 bits per heavy atom. The Kier molecular flexibility index (Phi) is 5.33. The van der Waals surface area contributed by atoms with Crippen molar-refractivity contribution in [2.45, 2.75) is 0 Å². The molecule has 0 unspecified atom stereocenters. The molecule has 0 radical (unpaired) electrons. The van der Waals surface area contributed by atoms with Crippen LogP contribution in [0.2, 0.25) is 0 Å². The molecule has 0 aliphatic carbocycles. The molecule has 0 bridgehead atoms. The van der Waals surface area contributed by atoms with Crippen LogP contribution < -0.4 is 14.8 Å². The Hall–Kier alpha value is -5.54. The Labute approximate surface area is 249 Å². The first-order valence-corrected chi connectivity index (χ1v) is 14.7. The third-order valence-corrected chi connectivity index (χ3v) is 8.76. The maximum atomic E-state index is 6.42. The molecule has 1 aliphatic heterocycles. The van der Waals surface area contributed by atoms with E-state index in [9.17, 15) is 0 Å². The highest BCUT2D eigenvalue weighted by molar-refractivity contribution is 6.67. The third kappa shape index (κ3) is 3.89. The molecule has 0 N–H and O–H groups in total. The highest BCUT2D eigenvalue weighted by Gasteiger charge is 2.35. The van der Waals surface area contributed by atoms with Gasteiger partial charge in [-0.1, -0.05) is 127 Å². The number of hydrogen-bond acceptors (Lipinski definition) is 2. The van der Waals surface area contributed by atoms with Gasteiger partial charge in [-0.25, -0.2) is 0 Å². The number of fused-ring (bicyclic) bond motifs is 6. The summed E-state index contributed by atoms with van der Waals surface area (Å²) < 4.78 is 12.8. The molecule has 0 amide bonds. The monoisotopic (exact) mass is 548 g/mol. The van der Waals surface area contributed by atoms with Gasteiger partial charge in [-0.05, 0) is 89.6 Å². The van der Waals surface area contributed by atoms with Crippen LogP contribution in [0.15, 0.2) is 152 Å². The summed E-state index contributed by atoms with van der Waals surface area (Å²) in [4.78, 5) is 0. The molecule has 1 heterocycles. The molecule has 8 aromatic carbocycles. The lowest BCUT2D eigenvalue weighted by Crippen LogP contribution is -2.39.